The number of benzene rings is 1. The number of nitrogens with one attached hydrogen (secondary N) is 1. The Morgan fingerprint density at radius 1 is 1.33 bits per heavy atom. The second-order valence-electron chi connectivity index (χ2n) is 3.77. The van der Waals surface area contributed by atoms with E-state index in [4.69, 9.17) is 9.15 Å². The van der Waals surface area contributed by atoms with Crippen LogP contribution in [0, 0.1) is 0 Å². The molecule has 90 valence electrons. The molecule has 5 nitrogen and oxygen atoms in total. The molecule has 0 atom stereocenters. The normalized spacial score (nSPS) is 10.7. The average Bonchev–Trinajstić information content (AvgIpc) is 3.06. The molecule has 0 bridgehead atoms. The largest absolute Gasteiger partial charge is 0.464 e. The lowest BCUT2D eigenvalue weighted by molar-refractivity contribution is 0.0596. The van der Waals surface area contributed by atoms with Gasteiger partial charge >= 0.3 is 5.97 Å². The van der Waals surface area contributed by atoms with Crippen molar-refractivity contribution in [2.45, 2.75) is 0 Å². The number of rotatable bonds is 2. The maximum absolute atomic E-state index is 11.7. The van der Waals surface area contributed by atoms with Gasteiger partial charge in [0.05, 0.1) is 18.9 Å². The fourth-order valence-corrected chi connectivity index (χ4v) is 1.95. The van der Waals surface area contributed by atoms with Gasteiger partial charge in [-0.15, -0.1) is 0 Å². The molecule has 0 unspecified atom stereocenters. The Labute approximate surface area is 102 Å². The minimum absolute atomic E-state index is 0.263. The lowest BCUT2D eigenvalue weighted by Gasteiger charge is -2.01. The third-order valence-corrected chi connectivity index (χ3v) is 2.75. The van der Waals surface area contributed by atoms with Crippen molar-refractivity contribution in [3.8, 4) is 11.3 Å². The number of esters is 1. The van der Waals surface area contributed by atoms with Gasteiger partial charge in [-0.1, -0.05) is 12.1 Å². The molecule has 0 saturated carbocycles. The van der Waals surface area contributed by atoms with Crippen molar-refractivity contribution < 1.29 is 13.9 Å². The molecule has 0 spiro atoms. The predicted molar refractivity (Wildman–Crippen MR) is 65.1 cm³/mol. The number of aromatic amines is 1. The maximum Gasteiger partial charge on any atom is 0.359 e. The molecule has 5 heteroatoms. The van der Waals surface area contributed by atoms with Crippen LogP contribution in [0.5, 0.6) is 0 Å². The summed E-state index contributed by atoms with van der Waals surface area (Å²) >= 11 is 0. The van der Waals surface area contributed by atoms with Crippen LogP contribution >= 0.6 is 0 Å². The van der Waals surface area contributed by atoms with E-state index < -0.39 is 5.97 Å². The number of carbonyl (C=O) groups is 1. The molecule has 2 aromatic heterocycles. The third-order valence-electron chi connectivity index (χ3n) is 2.75. The Morgan fingerprint density at radius 2 is 2.22 bits per heavy atom. The number of fused-ring (bicyclic) bond motifs is 1. The molecular weight excluding hydrogens is 232 g/mol. The lowest BCUT2D eigenvalue weighted by atomic mass is 10.1. The molecule has 0 amide bonds. The van der Waals surface area contributed by atoms with Crippen LogP contribution < -0.4 is 0 Å². The van der Waals surface area contributed by atoms with Gasteiger partial charge in [0.15, 0.2) is 5.69 Å². The smallest absolute Gasteiger partial charge is 0.359 e. The van der Waals surface area contributed by atoms with Crippen LogP contribution in [0.15, 0.2) is 41.0 Å². The Morgan fingerprint density at radius 3 is 2.94 bits per heavy atom. The molecule has 1 aromatic carbocycles. The van der Waals surface area contributed by atoms with E-state index in [2.05, 4.69) is 10.2 Å². The minimum Gasteiger partial charge on any atom is -0.464 e. The van der Waals surface area contributed by atoms with E-state index in [1.54, 1.807) is 12.3 Å². The van der Waals surface area contributed by atoms with Crippen molar-refractivity contribution in [3.05, 3.63) is 42.3 Å². The number of aromatic nitrogens is 2. The summed E-state index contributed by atoms with van der Waals surface area (Å²) < 4.78 is 10.1. The van der Waals surface area contributed by atoms with E-state index in [0.717, 1.165) is 11.1 Å². The first-order valence-corrected chi connectivity index (χ1v) is 5.40. The number of furan rings is 1. The van der Waals surface area contributed by atoms with Gasteiger partial charge in [-0.3, -0.25) is 5.10 Å². The van der Waals surface area contributed by atoms with Gasteiger partial charge < -0.3 is 9.15 Å². The van der Waals surface area contributed by atoms with E-state index in [1.165, 1.54) is 7.11 Å². The van der Waals surface area contributed by atoms with Crippen LogP contribution in [-0.2, 0) is 4.74 Å². The lowest BCUT2D eigenvalue weighted by Crippen LogP contribution is -2.02. The molecule has 0 radical (unpaired) electrons. The molecular formula is C13H10N2O3. The SMILES string of the molecule is COC(=O)c1n[nH]c2cccc(-c3ccco3)c12. The average molecular weight is 242 g/mol. The number of ether oxygens (including phenoxy) is 1. The second kappa shape index (κ2) is 4.03. The molecule has 0 aliphatic heterocycles. The Kier molecular flexibility index (Phi) is 2.37. The summed E-state index contributed by atoms with van der Waals surface area (Å²) in [6.45, 7) is 0. The van der Waals surface area contributed by atoms with E-state index in [1.807, 2.05) is 24.3 Å². The summed E-state index contributed by atoms with van der Waals surface area (Å²) in [6, 6.07) is 9.23. The molecule has 0 aliphatic carbocycles. The fourth-order valence-electron chi connectivity index (χ4n) is 1.95. The standard InChI is InChI=1S/C13H10N2O3/c1-17-13(16)12-11-8(10-6-3-7-18-10)4-2-5-9(11)14-15-12/h2-7H,1H3,(H,14,15). The molecule has 1 N–H and O–H groups in total. The zero-order valence-corrected chi connectivity index (χ0v) is 9.64. The quantitative estimate of drug-likeness (QED) is 0.701. The third kappa shape index (κ3) is 1.48. The number of hydrogen-bond donors (Lipinski definition) is 1. The highest BCUT2D eigenvalue weighted by atomic mass is 16.5. The van der Waals surface area contributed by atoms with Crippen LogP contribution in [0.2, 0.25) is 0 Å². The highest BCUT2D eigenvalue weighted by Crippen LogP contribution is 2.30. The summed E-state index contributed by atoms with van der Waals surface area (Å²) in [4.78, 5) is 11.7. The molecule has 3 rings (SSSR count). The Bertz CT molecular complexity index is 698. The zero-order valence-electron chi connectivity index (χ0n) is 9.64. The number of nitrogens with zero attached hydrogens (tertiary/aromatic N) is 1. The number of hydrogen-bond acceptors (Lipinski definition) is 4. The summed E-state index contributed by atoms with van der Waals surface area (Å²) in [5, 5.41) is 7.52. The molecule has 18 heavy (non-hydrogen) atoms. The van der Waals surface area contributed by atoms with E-state index >= 15 is 0 Å². The fraction of sp³-hybridized carbons (Fsp3) is 0.0769. The van der Waals surface area contributed by atoms with Gasteiger partial charge in [-0.05, 0) is 18.2 Å². The highest BCUT2D eigenvalue weighted by Gasteiger charge is 2.18. The number of methoxy groups -OCH3 is 1. The molecule has 3 aromatic rings. The second-order valence-corrected chi connectivity index (χ2v) is 3.77. The first kappa shape index (κ1) is 10.6. The maximum atomic E-state index is 11.7. The number of H-pyrrole nitrogens is 1. The highest BCUT2D eigenvalue weighted by molar-refractivity contribution is 6.07. The van der Waals surface area contributed by atoms with Gasteiger partial charge in [0.2, 0.25) is 0 Å². The first-order valence-electron chi connectivity index (χ1n) is 5.40. The van der Waals surface area contributed by atoms with Crippen molar-refractivity contribution in [2.24, 2.45) is 0 Å². The van der Waals surface area contributed by atoms with Gasteiger partial charge in [-0.25, -0.2) is 4.79 Å². The summed E-state index contributed by atoms with van der Waals surface area (Å²) in [5.41, 5.74) is 1.84. The minimum atomic E-state index is -0.472. The van der Waals surface area contributed by atoms with E-state index in [-0.39, 0.29) is 5.69 Å². The summed E-state index contributed by atoms with van der Waals surface area (Å²) in [6.07, 6.45) is 1.59. The van der Waals surface area contributed by atoms with Crippen LogP contribution in [0.4, 0.5) is 0 Å². The van der Waals surface area contributed by atoms with Crippen molar-refractivity contribution in [2.75, 3.05) is 7.11 Å². The van der Waals surface area contributed by atoms with Crippen molar-refractivity contribution in [1.29, 1.82) is 0 Å². The van der Waals surface area contributed by atoms with Crippen LogP contribution in [0.1, 0.15) is 10.5 Å². The Balaban J connectivity index is 2.32. The summed E-state index contributed by atoms with van der Waals surface area (Å²) in [5.74, 6) is 0.215. The monoisotopic (exact) mass is 242 g/mol. The van der Waals surface area contributed by atoms with Crippen molar-refractivity contribution >= 4 is 16.9 Å². The summed E-state index contributed by atoms with van der Waals surface area (Å²) in [7, 11) is 1.33. The number of carbonyl (C=O) groups excluding carboxylic acids is 1. The zero-order chi connectivity index (χ0) is 12.5. The van der Waals surface area contributed by atoms with E-state index in [9.17, 15) is 4.79 Å². The van der Waals surface area contributed by atoms with Gasteiger partial charge in [-0.2, -0.15) is 5.10 Å². The van der Waals surface area contributed by atoms with Crippen LogP contribution in [0.25, 0.3) is 22.2 Å². The van der Waals surface area contributed by atoms with Gasteiger partial charge in [0, 0.05) is 10.9 Å². The van der Waals surface area contributed by atoms with Crippen molar-refractivity contribution in [1.82, 2.24) is 10.2 Å². The molecule has 0 aliphatic rings. The van der Waals surface area contributed by atoms with Crippen LogP contribution in [-0.4, -0.2) is 23.3 Å². The van der Waals surface area contributed by atoms with E-state index in [0.29, 0.717) is 11.1 Å². The Hall–Kier alpha value is -2.56. The molecule has 2 heterocycles. The topological polar surface area (TPSA) is 68.1 Å². The molecule has 0 fully saturated rings. The van der Waals surface area contributed by atoms with Gasteiger partial charge in [0.25, 0.3) is 0 Å². The first-order chi connectivity index (χ1) is 8.81. The van der Waals surface area contributed by atoms with Gasteiger partial charge in [0.1, 0.15) is 5.76 Å². The van der Waals surface area contributed by atoms with Crippen molar-refractivity contribution in [3.63, 3.8) is 0 Å². The molecule has 0 saturated heterocycles. The predicted octanol–water partition coefficient (Wildman–Crippen LogP) is 2.61. The van der Waals surface area contributed by atoms with Crippen LogP contribution in [0.3, 0.4) is 0 Å².